The van der Waals surface area contributed by atoms with Crippen LogP contribution in [0, 0.1) is 11.3 Å². The van der Waals surface area contributed by atoms with Crippen LogP contribution in [-0.4, -0.2) is 48.6 Å². The summed E-state index contributed by atoms with van der Waals surface area (Å²) in [6.07, 6.45) is 4.17. The number of likely N-dealkylation sites (N-methyl/N-ethyl adjacent to an activating group) is 1. The zero-order valence-electron chi connectivity index (χ0n) is 17.9. The lowest BCUT2D eigenvalue weighted by molar-refractivity contribution is -0.120. The molecule has 1 aromatic carbocycles. The number of pyridine rings is 1. The van der Waals surface area contributed by atoms with Gasteiger partial charge in [-0.15, -0.1) is 0 Å². The SMILES string of the molecule is CNC/C(=C\NC1NC(=O)C(C#N)=CN1C)C(=O)NCc1ccc(-c2ccccc2)nc1. The molecule has 2 heterocycles. The molecule has 1 aliphatic heterocycles. The summed E-state index contributed by atoms with van der Waals surface area (Å²) in [7, 11) is 3.45. The molecule has 1 aromatic heterocycles. The Bertz CT molecular complexity index is 1060. The average molecular weight is 432 g/mol. The van der Waals surface area contributed by atoms with Crippen LogP contribution in [0.15, 0.2) is 72.2 Å². The van der Waals surface area contributed by atoms with Gasteiger partial charge in [-0.3, -0.25) is 14.6 Å². The second-order valence-electron chi connectivity index (χ2n) is 7.16. The van der Waals surface area contributed by atoms with Crippen LogP contribution < -0.4 is 21.3 Å². The largest absolute Gasteiger partial charge is 0.354 e. The fraction of sp³-hybridized carbons (Fsp3) is 0.217. The number of hydrogen-bond donors (Lipinski definition) is 4. The minimum Gasteiger partial charge on any atom is -0.354 e. The Morgan fingerprint density at radius 3 is 2.72 bits per heavy atom. The van der Waals surface area contributed by atoms with Crippen LogP contribution >= 0.6 is 0 Å². The molecule has 0 bridgehead atoms. The number of nitriles is 1. The van der Waals surface area contributed by atoms with Crippen LogP contribution in [0.1, 0.15) is 5.56 Å². The van der Waals surface area contributed by atoms with E-state index in [1.807, 2.05) is 48.5 Å². The Labute approximate surface area is 186 Å². The Balaban J connectivity index is 1.60. The molecule has 0 saturated heterocycles. The van der Waals surface area contributed by atoms with Crippen molar-refractivity contribution in [2.24, 2.45) is 0 Å². The molecule has 2 amide bonds. The summed E-state index contributed by atoms with van der Waals surface area (Å²) in [4.78, 5) is 30.7. The lowest BCUT2D eigenvalue weighted by Gasteiger charge is -2.31. The van der Waals surface area contributed by atoms with Gasteiger partial charge in [-0.1, -0.05) is 36.4 Å². The molecule has 4 N–H and O–H groups in total. The van der Waals surface area contributed by atoms with Crippen molar-refractivity contribution in [3.8, 4) is 17.3 Å². The summed E-state index contributed by atoms with van der Waals surface area (Å²) in [5.41, 5.74) is 3.26. The van der Waals surface area contributed by atoms with Gasteiger partial charge in [-0.2, -0.15) is 5.26 Å². The maximum absolute atomic E-state index is 12.7. The first kappa shape index (κ1) is 22.5. The van der Waals surface area contributed by atoms with Gasteiger partial charge in [0.2, 0.25) is 5.91 Å². The molecule has 1 aliphatic rings. The summed E-state index contributed by atoms with van der Waals surface area (Å²) in [6.45, 7) is 0.657. The number of aromatic nitrogens is 1. The molecule has 9 nitrogen and oxygen atoms in total. The van der Waals surface area contributed by atoms with Gasteiger partial charge in [0.05, 0.1) is 5.69 Å². The minimum atomic E-state index is -0.575. The fourth-order valence-corrected chi connectivity index (χ4v) is 3.05. The maximum Gasteiger partial charge on any atom is 0.266 e. The van der Waals surface area contributed by atoms with Crippen LogP contribution in [0.3, 0.4) is 0 Å². The molecular weight excluding hydrogens is 406 g/mol. The van der Waals surface area contributed by atoms with Crippen LogP contribution in [0.4, 0.5) is 0 Å². The van der Waals surface area contributed by atoms with Crippen LogP contribution in [0.2, 0.25) is 0 Å². The number of nitrogens with zero attached hydrogens (tertiary/aromatic N) is 3. The molecule has 1 unspecified atom stereocenters. The first-order valence-electron chi connectivity index (χ1n) is 10.0. The first-order valence-corrected chi connectivity index (χ1v) is 10.0. The van der Waals surface area contributed by atoms with Gasteiger partial charge >= 0.3 is 0 Å². The second kappa shape index (κ2) is 10.7. The van der Waals surface area contributed by atoms with Crippen molar-refractivity contribution >= 4 is 11.8 Å². The summed E-state index contributed by atoms with van der Waals surface area (Å²) in [6, 6.07) is 15.6. The molecule has 164 valence electrons. The number of nitrogens with one attached hydrogen (secondary N) is 4. The van der Waals surface area contributed by atoms with E-state index in [-0.39, 0.29) is 11.5 Å². The Kier molecular flexibility index (Phi) is 7.56. The normalized spacial score (nSPS) is 16.0. The number of carbonyl (C=O) groups excluding carboxylic acids is 2. The Hall–Kier alpha value is -4.16. The molecule has 32 heavy (non-hydrogen) atoms. The fourth-order valence-electron chi connectivity index (χ4n) is 3.05. The molecule has 0 radical (unpaired) electrons. The highest BCUT2D eigenvalue weighted by Gasteiger charge is 2.23. The van der Waals surface area contributed by atoms with Gasteiger partial charge in [-0.25, -0.2) is 0 Å². The van der Waals surface area contributed by atoms with Crippen LogP contribution in [0.25, 0.3) is 11.3 Å². The molecule has 0 saturated carbocycles. The quantitative estimate of drug-likeness (QED) is 0.456. The predicted octanol–water partition coefficient (Wildman–Crippen LogP) is 0.810. The Morgan fingerprint density at radius 1 is 1.28 bits per heavy atom. The molecule has 2 aromatic rings. The number of rotatable bonds is 8. The first-order chi connectivity index (χ1) is 15.5. The van der Waals surface area contributed by atoms with Crippen molar-refractivity contribution in [3.63, 3.8) is 0 Å². The zero-order chi connectivity index (χ0) is 22.9. The molecule has 3 rings (SSSR count). The highest BCUT2D eigenvalue weighted by molar-refractivity contribution is 5.98. The molecule has 0 aliphatic carbocycles. The number of carbonyl (C=O) groups is 2. The van der Waals surface area contributed by atoms with E-state index in [4.69, 9.17) is 5.26 Å². The summed E-state index contributed by atoms with van der Waals surface area (Å²) < 4.78 is 0. The van der Waals surface area contributed by atoms with Crippen molar-refractivity contribution in [2.45, 2.75) is 12.8 Å². The lowest BCUT2D eigenvalue weighted by atomic mass is 10.1. The van der Waals surface area contributed by atoms with E-state index in [0.29, 0.717) is 18.7 Å². The van der Waals surface area contributed by atoms with Gasteiger partial charge in [0, 0.05) is 49.9 Å². The third-order valence-corrected chi connectivity index (χ3v) is 4.79. The molecule has 0 fully saturated rings. The topological polar surface area (TPSA) is 122 Å². The van der Waals surface area contributed by atoms with Crippen molar-refractivity contribution in [3.05, 3.63) is 77.8 Å². The van der Waals surface area contributed by atoms with Gasteiger partial charge in [-0.05, 0) is 18.7 Å². The van der Waals surface area contributed by atoms with Gasteiger partial charge in [0.25, 0.3) is 5.91 Å². The van der Waals surface area contributed by atoms with Crippen molar-refractivity contribution in [1.82, 2.24) is 31.2 Å². The number of hydrogen-bond acceptors (Lipinski definition) is 7. The van der Waals surface area contributed by atoms with E-state index in [9.17, 15) is 9.59 Å². The Morgan fingerprint density at radius 2 is 2.06 bits per heavy atom. The van der Waals surface area contributed by atoms with Crippen molar-refractivity contribution < 1.29 is 9.59 Å². The smallest absolute Gasteiger partial charge is 0.266 e. The van der Waals surface area contributed by atoms with Crippen molar-refractivity contribution in [1.29, 1.82) is 5.26 Å². The molecule has 9 heteroatoms. The van der Waals surface area contributed by atoms with E-state index in [2.05, 4.69) is 26.3 Å². The number of benzene rings is 1. The van der Waals surface area contributed by atoms with Gasteiger partial charge < -0.3 is 26.2 Å². The highest BCUT2D eigenvalue weighted by Crippen LogP contribution is 2.16. The van der Waals surface area contributed by atoms with E-state index < -0.39 is 12.2 Å². The number of amides is 2. The molecule has 1 atom stereocenters. The van der Waals surface area contributed by atoms with E-state index in [0.717, 1.165) is 16.8 Å². The molecular formula is C23H25N7O2. The van der Waals surface area contributed by atoms with E-state index in [1.165, 1.54) is 6.20 Å². The van der Waals surface area contributed by atoms with Crippen LogP contribution in [-0.2, 0) is 16.1 Å². The van der Waals surface area contributed by atoms with E-state index in [1.54, 1.807) is 31.4 Å². The third-order valence-electron chi connectivity index (χ3n) is 4.79. The van der Waals surface area contributed by atoms with E-state index >= 15 is 0 Å². The third kappa shape index (κ3) is 5.71. The second-order valence-corrected chi connectivity index (χ2v) is 7.16. The average Bonchev–Trinajstić information content (AvgIpc) is 2.82. The molecule has 0 spiro atoms. The predicted molar refractivity (Wildman–Crippen MR) is 120 cm³/mol. The monoisotopic (exact) mass is 431 g/mol. The van der Waals surface area contributed by atoms with Crippen LogP contribution in [0.5, 0.6) is 0 Å². The summed E-state index contributed by atoms with van der Waals surface area (Å²) >= 11 is 0. The van der Waals surface area contributed by atoms with Gasteiger partial charge in [0.15, 0.2) is 6.29 Å². The summed E-state index contributed by atoms with van der Waals surface area (Å²) in [5, 5.41) is 20.5. The zero-order valence-corrected chi connectivity index (χ0v) is 17.9. The standard InChI is InChI=1S/C23H25N7O2/c1-25-13-19(14-28-23-29-22(32)18(10-24)15-30(23)2)21(31)27-12-16-8-9-20(26-11-16)17-6-4-3-5-7-17/h3-9,11,14-15,23,25,28H,12-13H2,1-2H3,(H,27,31)(H,29,32)/b19-14+. The van der Waals surface area contributed by atoms with Crippen molar-refractivity contribution in [2.75, 3.05) is 20.6 Å². The van der Waals surface area contributed by atoms with Gasteiger partial charge in [0.1, 0.15) is 11.6 Å². The highest BCUT2D eigenvalue weighted by atomic mass is 16.2. The summed E-state index contributed by atoms with van der Waals surface area (Å²) in [5.74, 6) is -0.723. The minimum absolute atomic E-state index is 0.0228. The maximum atomic E-state index is 12.7. The lowest BCUT2D eigenvalue weighted by Crippen LogP contribution is -2.55.